The van der Waals surface area contributed by atoms with Gasteiger partial charge in [0.25, 0.3) is 5.91 Å². The fraction of sp³-hybridized carbons (Fsp3) is 0.464. The number of imidazole rings is 1. The Bertz CT molecular complexity index is 1310. The number of nitrogens with zero attached hydrogens (tertiary/aromatic N) is 3. The maximum Gasteiger partial charge on any atom is 0.311 e. The average Bonchev–Trinajstić information content (AvgIpc) is 3.55. The number of carboxylic acid groups (broad SMARTS) is 2. The van der Waals surface area contributed by atoms with Crippen LogP contribution >= 0.6 is 0 Å². The highest BCUT2D eigenvalue weighted by molar-refractivity contribution is 5.98. The van der Waals surface area contributed by atoms with E-state index in [1.165, 1.54) is 6.42 Å². The first-order valence-corrected chi connectivity index (χ1v) is 13.1. The number of carboxylic acids is 2. The third-order valence-electron chi connectivity index (χ3n) is 8.06. The van der Waals surface area contributed by atoms with Gasteiger partial charge in [-0.1, -0.05) is 38.2 Å². The third-order valence-corrected chi connectivity index (χ3v) is 8.06. The van der Waals surface area contributed by atoms with Crippen LogP contribution in [0.5, 0.6) is 0 Å². The lowest BCUT2D eigenvalue weighted by Gasteiger charge is -2.33. The highest BCUT2D eigenvalue weighted by Gasteiger charge is 2.49. The highest BCUT2D eigenvalue weighted by Crippen LogP contribution is 2.43. The normalized spacial score (nSPS) is 18.5. The second-order valence-corrected chi connectivity index (χ2v) is 10.3. The van der Waals surface area contributed by atoms with E-state index in [4.69, 9.17) is 4.98 Å². The molecule has 2 heterocycles. The van der Waals surface area contributed by atoms with Crippen LogP contribution in [0.25, 0.3) is 22.6 Å². The zero-order valence-electron chi connectivity index (χ0n) is 20.7. The van der Waals surface area contributed by atoms with Gasteiger partial charge in [-0.15, -0.1) is 0 Å². The van der Waals surface area contributed by atoms with Crippen molar-refractivity contribution in [3.63, 3.8) is 0 Å². The van der Waals surface area contributed by atoms with Gasteiger partial charge in [0.2, 0.25) is 0 Å². The van der Waals surface area contributed by atoms with Crippen LogP contribution in [0.15, 0.2) is 42.6 Å². The monoisotopic (exact) mass is 504 g/mol. The quantitative estimate of drug-likeness (QED) is 0.400. The molecule has 1 amide bonds. The molecule has 2 aromatic heterocycles. The van der Waals surface area contributed by atoms with Crippen LogP contribution in [-0.4, -0.2) is 48.6 Å². The van der Waals surface area contributed by atoms with Crippen LogP contribution < -0.4 is 5.32 Å². The molecule has 2 aliphatic carbocycles. The zero-order valence-corrected chi connectivity index (χ0v) is 20.7. The summed E-state index contributed by atoms with van der Waals surface area (Å²) in [4.78, 5) is 46.5. The Morgan fingerprint density at radius 3 is 2.43 bits per heavy atom. The number of pyridine rings is 1. The van der Waals surface area contributed by atoms with Crippen molar-refractivity contribution in [2.45, 2.75) is 76.3 Å². The number of amides is 1. The van der Waals surface area contributed by atoms with Crippen molar-refractivity contribution in [1.29, 1.82) is 0 Å². The molecule has 0 saturated heterocycles. The third kappa shape index (κ3) is 4.82. The molecule has 2 saturated carbocycles. The summed E-state index contributed by atoms with van der Waals surface area (Å²) in [6, 6.07) is 10.3. The summed E-state index contributed by atoms with van der Waals surface area (Å²) in [6.45, 7) is 0. The summed E-state index contributed by atoms with van der Waals surface area (Å²) < 4.78 is 2.24. The highest BCUT2D eigenvalue weighted by atomic mass is 16.4. The van der Waals surface area contributed by atoms with Gasteiger partial charge in [-0.25, -0.2) is 4.98 Å². The topological polar surface area (TPSA) is 134 Å². The lowest BCUT2D eigenvalue weighted by Crippen LogP contribution is -2.51. The first-order valence-electron chi connectivity index (χ1n) is 13.1. The largest absolute Gasteiger partial charge is 0.481 e. The molecule has 1 aromatic carbocycles. The Labute approximate surface area is 214 Å². The molecule has 1 unspecified atom stereocenters. The molecule has 3 aromatic rings. The minimum Gasteiger partial charge on any atom is -0.481 e. The van der Waals surface area contributed by atoms with Gasteiger partial charge < -0.3 is 20.1 Å². The van der Waals surface area contributed by atoms with Crippen molar-refractivity contribution in [2.24, 2.45) is 5.41 Å². The van der Waals surface area contributed by atoms with Gasteiger partial charge in [-0.3, -0.25) is 19.4 Å². The van der Waals surface area contributed by atoms with E-state index in [0.717, 1.165) is 42.7 Å². The Morgan fingerprint density at radius 2 is 1.78 bits per heavy atom. The summed E-state index contributed by atoms with van der Waals surface area (Å²) in [5.74, 6) is -1.93. The fourth-order valence-electron chi connectivity index (χ4n) is 6.14. The number of fused-ring (bicyclic) bond motifs is 1. The van der Waals surface area contributed by atoms with E-state index in [1.54, 1.807) is 18.3 Å². The maximum atomic E-state index is 13.3. The molecular formula is C28H32N4O5. The molecule has 9 heteroatoms. The second kappa shape index (κ2) is 10.3. The van der Waals surface area contributed by atoms with Gasteiger partial charge in [-0.05, 0) is 56.0 Å². The molecule has 2 fully saturated rings. The van der Waals surface area contributed by atoms with Crippen LogP contribution in [0.4, 0.5) is 0 Å². The number of carbonyl (C=O) groups is 3. The van der Waals surface area contributed by atoms with Crippen LogP contribution in [0, 0.1) is 5.41 Å². The van der Waals surface area contributed by atoms with Crippen molar-refractivity contribution in [1.82, 2.24) is 19.9 Å². The van der Waals surface area contributed by atoms with Gasteiger partial charge >= 0.3 is 11.9 Å². The minimum absolute atomic E-state index is 0.299. The Morgan fingerprint density at radius 1 is 1.03 bits per heavy atom. The molecule has 194 valence electrons. The number of rotatable bonds is 8. The molecular weight excluding hydrogens is 472 g/mol. The number of nitrogens with one attached hydrogen (secondary N) is 1. The standard InChI is InChI=1S/C28H32N4O5/c33-24(34)17-23(28(27(36)37)13-5-6-14-28)31-26(35)18-11-12-22-21(16-18)30-25(20-10-4-7-15-29-20)32(22)19-8-2-1-3-9-19/h4,7,10-12,15-16,19,23H,1-3,5-6,8-9,13-14,17H2,(H,31,35)(H,33,34)(H,36,37). The van der Waals surface area contributed by atoms with Crippen molar-refractivity contribution >= 4 is 28.9 Å². The van der Waals surface area contributed by atoms with Crippen molar-refractivity contribution in [3.8, 4) is 11.5 Å². The van der Waals surface area contributed by atoms with Crippen molar-refractivity contribution in [3.05, 3.63) is 48.2 Å². The van der Waals surface area contributed by atoms with E-state index < -0.39 is 35.7 Å². The predicted molar refractivity (Wildman–Crippen MR) is 137 cm³/mol. The fourth-order valence-corrected chi connectivity index (χ4v) is 6.14. The lowest BCUT2D eigenvalue weighted by molar-refractivity contribution is -0.151. The molecule has 0 bridgehead atoms. The number of benzene rings is 1. The number of carbonyl (C=O) groups excluding carboxylic acids is 1. The lowest BCUT2D eigenvalue weighted by atomic mass is 9.77. The Hall–Kier alpha value is -3.75. The maximum absolute atomic E-state index is 13.3. The SMILES string of the molecule is O=C(O)CC(NC(=O)c1ccc2c(c1)nc(-c1ccccn1)n2C1CCCCC1)C1(C(=O)O)CCCC1. The number of aromatic nitrogens is 3. The van der Waals surface area contributed by atoms with Crippen LogP contribution in [-0.2, 0) is 9.59 Å². The van der Waals surface area contributed by atoms with Gasteiger partial charge in [0, 0.05) is 17.8 Å². The van der Waals surface area contributed by atoms with E-state index in [0.29, 0.717) is 42.8 Å². The van der Waals surface area contributed by atoms with E-state index in [9.17, 15) is 24.6 Å². The predicted octanol–water partition coefficient (Wildman–Crippen LogP) is 4.82. The zero-order chi connectivity index (χ0) is 26.0. The molecule has 9 nitrogen and oxygen atoms in total. The number of hydrogen-bond acceptors (Lipinski definition) is 5. The molecule has 5 rings (SSSR count). The summed E-state index contributed by atoms with van der Waals surface area (Å²) in [5.41, 5.74) is 1.39. The Kier molecular flexibility index (Phi) is 6.95. The summed E-state index contributed by atoms with van der Waals surface area (Å²) in [5, 5.41) is 22.2. The summed E-state index contributed by atoms with van der Waals surface area (Å²) in [7, 11) is 0. The van der Waals surface area contributed by atoms with Crippen LogP contribution in [0.1, 0.15) is 80.6 Å². The average molecular weight is 505 g/mol. The first-order chi connectivity index (χ1) is 17.9. The van der Waals surface area contributed by atoms with Gasteiger partial charge in [0.1, 0.15) is 5.69 Å². The first kappa shape index (κ1) is 24.9. The Balaban J connectivity index is 1.50. The molecule has 1 atom stereocenters. The molecule has 0 radical (unpaired) electrons. The van der Waals surface area contributed by atoms with Crippen molar-refractivity contribution < 1.29 is 24.6 Å². The summed E-state index contributed by atoms with van der Waals surface area (Å²) >= 11 is 0. The van der Waals surface area contributed by atoms with Gasteiger partial charge in [-0.2, -0.15) is 0 Å². The van der Waals surface area contributed by atoms with Crippen LogP contribution in [0.2, 0.25) is 0 Å². The van der Waals surface area contributed by atoms with Gasteiger partial charge in [0.15, 0.2) is 5.82 Å². The molecule has 37 heavy (non-hydrogen) atoms. The molecule has 3 N–H and O–H groups in total. The minimum atomic E-state index is -1.27. The van der Waals surface area contributed by atoms with E-state index in [1.807, 2.05) is 24.3 Å². The van der Waals surface area contributed by atoms with Crippen molar-refractivity contribution in [2.75, 3.05) is 0 Å². The number of hydrogen-bond donors (Lipinski definition) is 3. The van der Waals surface area contributed by atoms with E-state index in [-0.39, 0.29) is 0 Å². The molecule has 2 aliphatic rings. The molecule has 0 aliphatic heterocycles. The number of aliphatic carboxylic acids is 2. The smallest absolute Gasteiger partial charge is 0.311 e. The van der Waals surface area contributed by atoms with Gasteiger partial charge in [0.05, 0.1) is 28.9 Å². The second-order valence-electron chi connectivity index (χ2n) is 10.3. The van der Waals surface area contributed by atoms with E-state index in [2.05, 4.69) is 14.9 Å². The van der Waals surface area contributed by atoms with E-state index >= 15 is 0 Å². The molecule has 0 spiro atoms. The van der Waals surface area contributed by atoms with Crippen LogP contribution in [0.3, 0.4) is 0 Å². The summed E-state index contributed by atoms with van der Waals surface area (Å²) in [6.07, 6.45) is 9.02.